The molecule has 14 heavy (non-hydrogen) atoms. The number of carbonyl (C=O) groups is 1. The summed E-state index contributed by atoms with van der Waals surface area (Å²) in [5.74, 6) is 0.156. The van der Waals surface area contributed by atoms with E-state index in [0.29, 0.717) is 6.42 Å². The first kappa shape index (κ1) is 7.56. The van der Waals surface area contributed by atoms with E-state index in [1.54, 1.807) is 4.57 Å². The summed E-state index contributed by atoms with van der Waals surface area (Å²) >= 11 is 0. The van der Waals surface area contributed by atoms with E-state index < -0.39 is 0 Å². The normalized spacial score (nSPS) is 14.7. The average Bonchev–Trinajstić information content (AvgIpc) is 2.57. The number of allylic oxidation sites excluding steroid dienone is 1. The molecule has 0 atom stereocenters. The van der Waals surface area contributed by atoms with Crippen molar-refractivity contribution < 1.29 is 4.79 Å². The van der Waals surface area contributed by atoms with Crippen molar-refractivity contribution in [1.82, 2.24) is 4.57 Å². The van der Waals surface area contributed by atoms with Crippen LogP contribution in [0.25, 0.3) is 17.0 Å². The number of rotatable bonds is 0. The summed E-state index contributed by atoms with van der Waals surface area (Å²) in [5, 5.41) is 1.13. The van der Waals surface area contributed by atoms with Crippen LogP contribution in [0.5, 0.6) is 0 Å². The molecule has 0 aliphatic carbocycles. The van der Waals surface area contributed by atoms with Crippen molar-refractivity contribution >= 4 is 22.9 Å². The van der Waals surface area contributed by atoms with Gasteiger partial charge in [-0.05, 0) is 18.2 Å². The predicted octanol–water partition coefficient (Wildman–Crippen LogP) is 2.70. The van der Waals surface area contributed by atoms with Crippen LogP contribution in [0.4, 0.5) is 0 Å². The van der Waals surface area contributed by atoms with Crippen molar-refractivity contribution in [2.75, 3.05) is 0 Å². The van der Waals surface area contributed by atoms with Crippen LogP contribution in [0.1, 0.15) is 16.9 Å². The second-order valence-electron chi connectivity index (χ2n) is 3.46. The summed E-state index contributed by atoms with van der Waals surface area (Å²) in [7, 11) is 0. The molecule has 1 aromatic carbocycles. The summed E-state index contributed by atoms with van der Waals surface area (Å²) in [6.07, 6.45) is 4.42. The zero-order valence-corrected chi connectivity index (χ0v) is 7.60. The first-order chi connectivity index (χ1) is 6.86. The highest BCUT2D eigenvalue weighted by Crippen LogP contribution is 2.23. The first-order valence-electron chi connectivity index (χ1n) is 4.66. The Hall–Kier alpha value is -1.83. The van der Waals surface area contributed by atoms with E-state index in [9.17, 15) is 4.79 Å². The summed E-state index contributed by atoms with van der Waals surface area (Å²) in [6.45, 7) is 0. The Morgan fingerprint density at radius 3 is 3.00 bits per heavy atom. The largest absolute Gasteiger partial charge is 0.280 e. The van der Waals surface area contributed by atoms with Gasteiger partial charge in [-0.3, -0.25) is 9.36 Å². The molecule has 0 radical (unpaired) electrons. The zero-order valence-electron chi connectivity index (χ0n) is 7.60. The van der Waals surface area contributed by atoms with E-state index in [0.717, 1.165) is 16.6 Å². The van der Waals surface area contributed by atoms with Crippen molar-refractivity contribution in [2.24, 2.45) is 0 Å². The zero-order chi connectivity index (χ0) is 9.54. The molecule has 2 nitrogen and oxygen atoms in total. The standard InChI is InChI=1S/C12H9NO/c14-12-7-3-5-10-8-9-4-1-2-6-11(9)13(10)12/h1-6,8H,7H2. The van der Waals surface area contributed by atoms with Crippen LogP contribution in [0.15, 0.2) is 36.4 Å². The number of nitrogens with zero attached hydrogens (tertiary/aromatic N) is 1. The van der Waals surface area contributed by atoms with Gasteiger partial charge in [0.25, 0.3) is 0 Å². The lowest BCUT2D eigenvalue weighted by molar-refractivity contribution is 0.0920. The van der Waals surface area contributed by atoms with Crippen LogP contribution in [-0.4, -0.2) is 10.5 Å². The third kappa shape index (κ3) is 0.880. The molecule has 2 aromatic rings. The second kappa shape index (κ2) is 2.58. The van der Waals surface area contributed by atoms with Crippen LogP contribution in [-0.2, 0) is 0 Å². The Morgan fingerprint density at radius 2 is 2.07 bits per heavy atom. The van der Waals surface area contributed by atoms with Gasteiger partial charge in [-0.1, -0.05) is 24.3 Å². The molecule has 0 saturated heterocycles. The minimum absolute atomic E-state index is 0.156. The molecule has 0 bridgehead atoms. The number of aromatic nitrogens is 1. The number of hydrogen-bond acceptors (Lipinski definition) is 1. The predicted molar refractivity (Wildman–Crippen MR) is 56.2 cm³/mol. The number of fused-ring (bicyclic) bond motifs is 3. The molecule has 3 rings (SSSR count). The summed E-state index contributed by atoms with van der Waals surface area (Å²) in [5.41, 5.74) is 2.00. The molecule has 0 N–H and O–H groups in total. The summed E-state index contributed by atoms with van der Waals surface area (Å²) < 4.78 is 1.79. The maximum absolute atomic E-state index is 11.7. The topological polar surface area (TPSA) is 22.0 Å². The fourth-order valence-corrected chi connectivity index (χ4v) is 1.95. The Balaban J connectivity index is 2.46. The van der Waals surface area contributed by atoms with E-state index in [-0.39, 0.29) is 5.91 Å². The van der Waals surface area contributed by atoms with Crippen molar-refractivity contribution in [3.8, 4) is 0 Å². The van der Waals surface area contributed by atoms with Crippen molar-refractivity contribution in [1.29, 1.82) is 0 Å². The van der Waals surface area contributed by atoms with Gasteiger partial charge in [0.2, 0.25) is 5.91 Å². The Bertz CT molecular complexity index is 548. The van der Waals surface area contributed by atoms with Gasteiger partial charge in [-0.2, -0.15) is 0 Å². The number of hydrogen-bond donors (Lipinski definition) is 0. The molecular formula is C12H9NO. The van der Waals surface area contributed by atoms with Crippen LogP contribution in [0.2, 0.25) is 0 Å². The molecule has 2 heteroatoms. The monoisotopic (exact) mass is 183 g/mol. The summed E-state index contributed by atoms with van der Waals surface area (Å²) in [4.78, 5) is 11.7. The smallest absolute Gasteiger partial charge is 0.235 e. The van der Waals surface area contributed by atoms with E-state index >= 15 is 0 Å². The fraction of sp³-hybridized carbons (Fsp3) is 0.0833. The molecule has 0 spiro atoms. The van der Waals surface area contributed by atoms with Gasteiger partial charge >= 0.3 is 0 Å². The number of para-hydroxylation sites is 1. The molecule has 1 aliphatic heterocycles. The quantitative estimate of drug-likeness (QED) is 0.615. The average molecular weight is 183 g/mol. The molecule has 1 aliphatic rings. The van der Waals surface area contributed by atoms with Crippen LogP contribution < -0.4 is 0 Å². The van der Waals surface area contributed by atoms with Crippen LogP contribution in [0, 0.1) is 0 Å². The van der Waals surface area contributed by atoms with E-state index in [1.807, 2.05) is 42.5 Å². The Morgan fingerprint density at radius 1 is 1.21 bits per heavy atom. The minimum Gasteiger partial charge on any atom is -0.280 e. The molecule has 68 valence electrons. The van der Waals surface area contributed by atoms with E-state index in [1.165, 1.54) is 0 Å². The molecule has 0 unspecified atom stereocenters. The lowest BCUT2D eigenvalue weighted by Crippen LogP contribution is -2.13. The third-order valence-corrected chi connectivity index (χ3v) is 2.57. The highest BCUT2D eigenvalue weighted by molar-refractivity contribution is 5.98. The third-order valence-electron chi connectivity index (χ3n) is 2.57. The maximum atomic E-state index is 11.7. The Kier molecular flexibility index (Phi) is 1.39. The highest BCUT2D eigenvalue weighted by Gasteiger charge is 2.14. The molecule has 2 heterocycles. The summed E-state index contributed by atoms with van der Waals surface area (Å²) in [6, 6.07) is 10.0. The fourth-order valence-electron chi connectivity index (χ4n) is 1.95. The minimum atomic E-state index is 0.156. The SMILES string of the molecule is O=C1CC=Cc2cc3ccccc3n21. The van der Waals surface area contributed by atoms with Gasteiger partial charge in [-0.25, -0.2) is 0 Å². The van der Waals surface area contributed by atoms with Crippen molar-refractivity contribution in [2.45, 2.75) is 6.42 Å². The van der Waals surface area contributed by atoms with Gasteiger partial charge in [0.1, 0.15) is 0 Å². The second-order valence-corrected chi connectivity index (χ2v) is 3.46. The Labute approximate surface area is 81.5 Å². The molecule has 1 aromatic heterocycles. The number of carbonyl (C=O) groups excluding carboxylic acids is 1. The molecule has 0 saturated carbocycles. The molecule has 0 amide bonds. The molecular weight excluding hydrogens is 174 g/mol. The van der Waals surface area contributed by atoms with Gasteiger partial charge in [0.05, 0.1) is 5.52 Å². The van der Waals surface area contributed by atoms with E-state index in [4.69, 9.17) is 0 Å². The lowest BCUT2D eigenvalue weighted by Gasteiger charge is -2.08. The number of benzene rings is 1. The maximum Gasteiger partial charge on any atom is 0.235 e. The van der Waals surface area contributed by atoms with Crippen LogP contribution >= 0.6 is 0 Å². The molecule has 0 fully saturated rings. The van der Waals surface area contributed by atoms with Gasteiger partial charge < -0.3 is 0 Å². The van der Waals surface area contributed by atoms with Gasteiger partial charge in [0, 0.05) is 17.5 Å². The van der Waals surface area contributed by atoms with Crippen LogP contribution in [0.3, 0.4) is 0 Å². The first-order valence-corrected chi connectivity index (χ1v) is 4.66. The van der Waals surface area contributed by atoms with E-state index in [2.05, 4.69) is 0 Å². The lowest BCUT2D eigenvalue weighted by atomic mass is 10.2. The van der Waals surface area contributed by atoms with Crippen molar-refractivity contribution in [3.05, 3.63) is 42.1 Å². The van der Waals surface area contributed by atoms with Crippen molar-refractivity contribution in [3.63, 3.8) is 0 Å². The van der Waals surface area contributed by atoms with Gasteiger partial charge in [-0.15, -0.1) is 0 Å². The highest BCUT2D eigenvalue weighted by atomic mass is 16.2. The van der Waals surface area contributed by atoms with Gasteiger partial charge in [0.15, 0.2) is 0 Å².